The molecule has 12 nitrogen and oxygen atoms in total. The van der Waals surface area contributed by atoms with Crippen LogP contribution in [-0.2, 0) is 51.3 Å². The molecule has 0 saturated carbocycles. The Kier molecular flexibility index (Phi) is 16.3. The number of benzene rings is 2. The zero-order valence-electron chi connectivity index (χ0n) is 30.7. The molecule has 2 aromatic carbocycles. The second-order valence-corrected chi connectivity index (χ2v) is 14.6. The molecule has 1 aliphatic rings. The summed E-state index contributed by atoms with van der Waals surface area (Å²) >= 11 is 0. The van der Waals surface area contributed by atoms with Gasteiger partial charge in [-0.15, -0.1) is 0 Å². The molecule has 0 aliphatic carbocycles. The highest BCUT2D eigenvalue weighted by Crippen LogP contribution is 2.11. The van der Waals surface area contributed by atoms with Crippen LogP contribution < -0.4 is 0 Å². The minimum atomic E-state index is -0.635. The van der Waals surface area contributed by atoms with Gasteiger partial charge in [0.15, 0.2) is 0 Å². The Morgan fingerprint density at radius 3 is 0.980 bits per heavy atom. The van der Waals surface area contributed by atoms with Gasteiger partial charge in [-0.2, -0.15) is 0 Å². The molecule has 0 unspecified atom stereocenters. The van der Waals surface area contributed by atoms with Crippen molar-refractivity contribution in [3.05, 3.63) is 71.8 Å². The molecule has 12 heteroatoms. The molecule has 0 spiro atoms. The van der Waals surface area contributed by atoms with Gasteiger partial charge in [-0.1, -0.05) is 60.7 Å². The van der Waals surface area contributed by atoms with Crippen molar-refractivity contribution in [2.24, 2.45) is 0 Å². The molecule has 0 radical (unpaired) electrons. The van der Waals surface area contributed by atoms with E-state index in [0.717, 1.165) is 11.1 Å². The first-order valence-electron chi connectivity index (χ1n) is 17.4. The van der Waals surface area contributed by atoms with E-state index < -0.39 is 11.2 Å². The van der Waals surface area contributed by atoms with Gasteiger partial charge in [0.25, 0.3) is 0 Å². The number of nitrogens with zero attached hydrogens (tertiary/aromatic N) is 4. The predicted molar refractivity (Wildman–Crippen MR) is 190 cm³/mol. The van der Waals surface area contributed by atoms with Crippen LogP contribution >= 0.6 is 0 Å². The lowest BCUT2D eigenvalue weighted by Gasteiger charge is -2.34. The molecule has 1 aliphatic heterocycles. The molecule has 276 valence electrons. The highest BCUT2D eigenvalue weighted by atomic mass is 16.6. The summed E-state index contributed by atoms with van der Waals surface area (Å²) in [5.41, 5.74) is 0.527. The Morgan fingerprint density at radius 2 is 0.720 bits per heavy atom. The fraction of sp³-hybridized carbons (Fsp3) is 0.579. The number of hydrogen-bond acceptors (Lipinski definition) is 12. The van der Waals surface area contributed by atoms with Crippen molar-refractivity contribution in [2.75, 3.05) is 78.5 Å². The fourth-order valence-corrected chi connectivity index (χ4v) is 5.26. The van der Waals surface area contributed by atoms with E-state index in [1.165, 1.54) is 0 Å². The van der Waals surface area contributed by atoms with Gasteiger partial charge in [-0.3, -0.25) is 38.8 Å². The third-order valence-corrected chi connectivity index (χ3v) is 7.67. The average Bonchev–Trinajstić information content (AvgIpc) is 3.03. The Balaban J connectivity index is 1.75. The smallest absolute Gasteiger partial charge is 0.320 e. The summed E-state index contributed by atoms with van der Waals surface area (Å²) in [5.74, 6) is -1.43. The molecule has 0 atom stereocenters. The van der Waals surface area contributed by atoms with Gasteiger partial charge in [0.1, 0.15) is 24.4 Å². The molecule has 0 N–H and O–H groups in total. The summed E-state index contributed by atoms with van der Waals surface area (Å²) < 4.78 is 22.4. The standard InChI is InChI=1S/C38H56N4O8/c1-37(2,3)49-35(45)27-41-21-17-39(25-33(43)47-29-31-13-9-7-10-14-31)19-23-42(28-36(46)50-38(4,5)6)24-20-40(18-22-41)26-34(44)48-30-32-15-11-8-12-16-32/h7-16H,17-30H2,1-6H3. The zero-order chi connectivity index (χ0) is 36.6. The molecule has 1 heterocycles. The van der Waals surface area contributed by atoms with E-state index in [9.17, 15) is 19.2 Å². The van der Waals surface area contributed by atoms with Crippen molar-refractivity contribution in [1.82, 2.24) is 19.6 Å². The van der Waals surface area contributed by atoms with Crippen LogP contribution in [0, 0.1) is 0 Å². The summed E-state index contributed by atoms with van der Waals surface area (Å²) in [4.78, 5) is 59.8. The second kappa shape index (κ2) is 20.1. The fourth-order valence-electron chi connectivity index (χ4n) is 5.26. The molecule has 2 aromatic rings. The summed E-state index contributed by atoms with van der Waals surface area (Å²) in [6, 6.07) is 19.0. The maximum Gasteiger partial charge on any atom is 0.320 e. The van der Waals surface area contributed by atoms with Crippen molar-refractivity contribution in [3.8, 4) is 0 Å². The van der Waals surface area contributed by atoms with Crippen molar-refractivity contribution in [3.63, 3.8) is 0 Å². The second-order valence-electron chi connectivity index (χ2n) is 14.6. The lowest BCUT2D eigenvalue weighted by atomic mass is 10.2. The summed E-state index contributed by atoms with van der Waals surface area (Å²) in [5, 5.41) is 0. The van der Waals surface area contributed by atoms with Crippen LogP contribution in [0.5, 0.6) is 0 Å². The largest absolute Gasteiger partial charge is 0.460 e. The summed E-state index contributed by atoms with van der Waals surface area (Å²) in [6.45, 7) is 15.2. The molecule has 1 saturated heterocycles. The molecule has 3 rings (SSSR count). The van der Waals surface area contributed by atoms with E-state index >= 15 is 0 Å². The van der Waals surface area contributed by atoms with Crippen molar-refractivity contribution < 1.29 is 38.1 Å². The van der Waals surface area contributed by atoms with Crippen LogP contribution in [0.3, 0.4) is 0 Å². The monoisotopic (exact) mass is 696 g/mol. The predicted octanol–water partition coefficient (Wildman–Crippen LogP) is 3.38. The first-order valence-corrected chi connectivity index (χ1v) is 17.4. The highest BCUT2D eigenvalue weighted by molar-refractivity contribution is 5.73. The van der Waals surface area contributed by atoms with Crippen molar-refractivity contribution >= 4 is 23.9 Å². The molecule has 0 aromatic heterocycles. The molecule has 0 amide bonds. The molecular formula is C38H56N4O8. The van der Waals surface area contributed by atoms with Gasteiger partial charge in [0, 0.05) is 52.4 Å². The van der Waals surface area contributed by atoms with E-state index in [1.54, 1.807) is 0 Å². The third kappa shape index (κ3) is 17.7. The Hall–Kier alpha value is -3.84. The Labute approximate surface area is 297 Å². The molecule has 1 fully saturated rings. The number of rotatable bonds is 12. The minimum Gasteiger partial charge on any atom is -0.460 e. The van der Waals surface area contributed by atoms with E-state index in [2.05, 4.69) is 0 Å². The number of carbonyl (C=O) groups is 4. The normalized spacial score (nSPS) is 16.4. The number of hydrogen-bond donors (Lipinski definition) is 0. The van der Waals surface area contributed by atoms with Gasteiger partial charge in [0.05, 0.1) is 26.2 Å². The van der Waals surface area contributed by atoms with E-state index in [1.807, 2.05) is 122 Å². The SMILES string of the molecule is CC(C)(C)OC(=O)CN1CCN(CC(=O)OCc2ccccc2)CCN(CC(=O)OC(C)(C)C)CCN(CC(=O)OCc2ccccc2)CC1. The molecule has 0 bridgehead atoms. The van der Waals surface area contributed by atoms with E-state index in [4.69, 9.17) is 18.9 Å². The molecule has 50 heavy (non-hydrogen) atoms. The topological polar surface area (TPSA) is 118 Å². The van der Waals surface area contributed by atoms with Gasteiger partial charge in [-0.25, -0.2) is 0 Å². The maximum absolute atomic E-state index is 13.0. The number of ether oxygens (including phenoxy) is 4. The van der Waals surface area contributed by atoms with Crippen LogP contribution in [0.2, 0.25) is 0 Å². The first kappa shape index (κ1) is 40.6. The van der Waals surface area contributed by atoms with Gasteiger partial charge >= 0.3 is 23.9 Å². The lowest BCUT2D eigenvalue weighted by Crippen LogP contribution is -2.49. The van der Waals surface area contributed by atoms with Crippen LogP contribution in [0.15, 0.2) is 60.7 Å². The Bertz CT molecular complexity index is 1220. The van der Waals surface area contributed by atoms with Crippen LogP contribution in [0.4, 0.5) is 0 Å². The summed E-state index contributed by atoms with van der Waals surface area (Å²) in [7, 11) is 0. The minimum absolute atomic E-state index is 0.0484. The van der Waals surface area contributed by atoms with Gasteiger partial charge in [-0.05, 0) is 52.7 Å². The number of carbonyl (C=O) groups excluding carboxylic acids is 4. The van der Waals surface area contributed by atoms with Gasteiger partial charge < -0.3 is 18.9 Å². The van der Waals surface area contributed by atoms with Crippen molar-refractivity contribution in [1.29, 1.82) is 0 Å². The molecular weight excluding hydrogens is 640 g/mol. The summed E-state index contributed by atoms with van der Waals surface area (Å²) in [6.07, 6.45) is 0. The van der Waals surface area contributed by atoms with Gasteiger partial charge in [0.2, 0.25) is 0 Å². The maximum atomic E-state index is 13.0. The van der Waals surface area contributed by atoms with Crippen LogP contribution in [0.1, 0.15) is 52.7 Å². The quantitative estimate of drug-likeness (QED) is 0.239. The zero-order valence-corrected chi connectivity index (χ0v) is 30.7. The van der Waals surface area contributed by atoms with E-state index in [-0.39, 0.29) is 63.3 Å². The van der Waals surface area contributed by atoms with E-state index in [0.29, 0.717) is 52.4 Å². The van der Waals surface area contributed by atoms with Crippen molar-refractivity contribution in [2.45, 2.75) is 66.0 Å². The Morgan fingerprint density at radius 1 is 0.460 bits per heavy atom. The highest BCUT2D eigenvalue weighted by Gasteiger charge is 2.25. The third-order valence-electron chi connectivity index (χ3n) is 7.67. The number of esters is 4. The first-order chi connectivity index (χ1) is 23.6. The van der Waals surface area contributed by atoms with Crippen LogP contribution in [-0.4, -0.2) is 133 Å². The lowest BCUT2D eigenvalue weighted by molar-refractivity contribution is -0.157. The average molecular weight is 697 g/mol. The van der Waals surface area contributed by atoms with Crippen LogP contribution in [0.25, 0.3) is 0 Å².